The molecule has 134 valence electrons. The van der Waals surface area contributed by atoms with E-state index in [2.05, 4.69) is 17.1 Å². The average molecular weight is 329 g/mol. The number of nitrogens with one attached hydrogen (secondary N) is 1. The van der Waals surface area contributed by atoms with Crippen LogP contribution in [0.15, 0.2) is 0 Å². The van der Waals surface area contributed by atoms with E-state index in [0.717, 1.165) is 38.9 Å². The zero-order valence-electron chi connectivity index (χ0n) is 14.3. The van der Waals surface area contributed by atoms with Crippen LogP contribution in [0.3, 0.4) is 0 Å². The molecular formula is C17H32FN3O2. The lowest BCUT2D eigenvalue weighted by Gasteiger charge is -2.31. The van der Waals surface area contributed by atoms with E-state index in [1.165, 1.54) is 0 Å². The van der Waals surface area contributed by atoms with Gasteiger partial charge in [0.15, 0.2) is 0 Å². The summed E-state index contributed by atoms with van der Waals surface area (Å²) in [7, 11) is 0. The van der Waals surface area contributed by atoms with E-state index in [4.69, 9.17) is 10.5 Å². The van der Waals surface area contributed by atoms with Crippen LogP contribution in [0.5, 0.6) is 0 Å². The lowest BCUT2D eigenvalue weighted by Crippen LogP contribution is -2.41. The number of ether oxygens (including phenoxy) is 1. The van der Waals surface area contributed by atoms with Crippen molar-refractivity contribution in [1.29, 1.82) is 0 Å². The highest BCUT2D eigenvalue weighted by atomic mass is 19.1. The minimum atomic E-state index is -0.626. The first kappa shape index (κ1) is 18.6. The van der Waals surface area contributed by atoms with Gasteiger partial charge in [-0.3, -0.25) is 4.79 Å². The molecule has 0 radical (unpaired) electrons. The minimum Gasteiger partial charge on any atom is -0.378 e. The second-order valence-electron chi connectivity index (χ2n) is 7.08. The van der Waals surface area contributed by atoms with Gasteiger partial charge in [-0.25, -0.2) is 4.39 Å². The average Bonchev–Trinajstić information content (AvgIpc) is 2.52. The first-order chi connectivity index (χ1) is 11.1. The Morgan fingerprint density at radius 3 is 2.70 bits per heavy atom. The highest BCUT2D eigenvalue weighted by molar-refractivity contribution is 5.79. The summed E-state index contributed by atoms with van der Waals surface area (Å²) in [6, 6.07) is 0.250. The predicted molar refractivity (Wildman–Crippen MR) is 88.9 cm³/mol. The number of nitrogens with zero attached hydrogens (tertiary/aromatic N) is 1. The lowest BCUT2D eigenvalue weighted by molar-refractivity contribution is -0.127. The van der Waals surface area contributed by atoms with Gasteiger partial charge < -0.3 is 20.7 Å². The topological polar surface area (TPSA) is 67.6 Å². The largest absolute Gasteiger partial charge is 0.378 e. The minimum absolute atomic E-state index is 0.0943. The second-order valence-corrected chi connectivity index (χ2v) is 7.08. The molecule has 0 aromatic rings. The molecule has 2 rings (SSSR count). The molecule has 1 heterocycles. The molecule has 1 amide bonds. The number of amides is 1. The van der Waals surface area contributed by atoms with Crippen LogP contribution in [0.2, 0.25) is 0 Å². The molecule has 1 saturated carbocycles. The van der Waals surface area contributed by atoms with Crippen molar-refractivity contribution in [3.8, 4) is 0 Å². The Labute approximate surface area is 139 Å². The molecule has 3 N–H and O–H groups in total. The van der Waals surface area contributed by atoms with E-state index in [0.29, 0.717) is 38.5 Å². The van der Waals surface area contributed by atoms with E-state index in [-0.39, 0.29) is 17.9 Å². The number of nitrogens with two attached hydrogens (primary N) is 1. The molecule has 1 aliphatic heterocycles. The first-order valence-electron chi connectivity index (χ1n) is 9.03. The third kappa shape index (κ3) is 6.36. The van der Waals surface area contributed by atoms with Gasteiger partial charge in [0.1, 0.15) is 6.17 Å². The van der Waals surface area contributed by atoms with Crippen LogP contribution < -0.4 is 11.1 Å². The summed E-state index contributed by atoms with van der Waals surface area (Å²) in [4.78, 5) is 14.4. The van der Waals surface area contributed by atoms with Gasteiger partial charge in [0.25, 0.3) is 0 Å². The van der Waals surface area contributed by atoms with Crippen LogP contribution in [0, 0.1) is 11.8 Å². The molecule has 3 unspecified atom stereocenters. The van der Waals surface area contributed by atoms with Gasteiger partial charge in [-0.1, -0.05) is 6.92 Å². The molecule has 2 fully saturated rings. The monoisotopic (exact) mass is 329 g/mol. The maximum absolute atomic E-state index is 13.0. The van der Waals surface area contributed by atoms with Crippen LogP contribution >= 0.6 is 0 Å². The Morgan fingerprint density at radius 2 is 2.00 bits per heavy atom. The van der Waals surface area contributed by atoms with E-state index in [1.54, 1.807) is 0 Å². The fourth-order valence-corrected chi connectivity index (χ4v) is 3.63. The Kier molecular flexibility index (Phi) is 7.73. The number of rotatable bonds is 7. The summed E-state index contributed by atoms with van der Waals surface area (Å²) < 4.78 is 18.6. The molecule has 0 aromatic heterocycles. The third-order valence-electron chi connectivity index (χ3n) is 5.16. The molecule has 23 heavy (non-hydrogen) atoms. The number of piperidine rings is 1. The van der Waals surface area contributed by atoms with Crippen molar-refractivity contribution in [2.24, 2.45) is 17.6 Å². The van der Waals surface area contributed by atoms with Crippen LogP contribution in [-0.2, 0) is 9.53 Å². The molecule has 1 aliphatic carbocycles. The highest BCUT2D eigenvalue weighted by Gasteiger charge is 2.30. The quantitative estimate of drug-likeness (QED) is 0.691. The number of carbonyl (C=O) groups excluding carboxylic acids is 1. The molecule has 2 aliphatic rings. The van der Waals surface area contributed by atoms with Crippen molar-refractivity contribution in [2.75, 3.05) is 39.4 Å². The van der Waals surface area contributed by atoms with Gasteiger partial charge in [0.05, 0.1) is 13.2 Å². The molecule has 3 atom stereocenters. The Hall–Kier alpha value is -0.720. The van der Waals surface area contributed by atoms with Crippen molar-refractivity contribution in [3.05, 3.63) is 0 Å². The van der Waals surface area contributed by atoms with Crippen molar-refractivity contribution in [1.82, 2.24) is 10.2 Å². The lowest BCUT2D eigenvalue weighted by atomic mass is 9.78. The summed E-state index contributed by atoms with van der Waals surface area (Å²) in [6.07, 6.45) is 3.41. The molecule has 0 aromatic carbocycles. The number of hydrogen-bond acceptors (Lipinski definition) is 4. The third-order valence-corrected chi connectivity index (χ3v) is 5.16. The van der Waals surface area contributed by atoms with Gasteiger partial charge in [0.2, 0.25) is 5.91 Å². The first-order valence-corrected chi connectivity index (χ1v) is 9.03. The molecule has 1 saturated heterocycles. The SMILES string of the molecule is CC1CC(N)CCC1C(=O)NCCOCCN1CCC(F)CC1. The molecule has 0 spiro atoms. The Balaban J connectivity index is 1.49. The number of carbonyl (C=O) groups is 1. The maximum Gasteiger partial charge on any atom is 0.223 e. The highest BCUT2D eigenvalue weighted by Crippen LogP contribution is 2.29. The van der Waals surface area contributed by atoms with Crippen LogP contribution in [0.4, 0.5) is 4.39 Å². The van der Waals surface area contributed by atoms with Crippen LogP contribution in [0.25, 0.3) is 0 Å². The van der Waals surface area contributed by atoms with Gasteiger partial charge in [0, 0.05) is 38.1 Å². The number of alkyl halides is 1. The van der Waals surface area contributed by atoms with Gasteiger partial charge in [-0.15, -0.1) is 0 Å². The molecular weight excluding hydrogens is 297 g/mol. The van der Waals surface area contributed by atoms with Crippen molar-refractivity contribution in [3.63, 3.8) is 0 Å². The Bertz CT molecular complexity index is 362. The zero-order chi connectivity index (χ0) is 16.7. The number of hydrogen-bond donors (Lipinski definition) is 2. The van der Waals surface area contributed by atoms with Gasteiger partial charge in [-0.05, 0) is 38.0 Å². The van der Waals surface area contributed by atoms with Gasteiger partial charge >= 0.3 is 0 Å². The number of halogens is 1. The second kappa shape index (κ2) is 9.55. The van der Waals surface area contributed by atoms with E-state index in [1.807, 2.05) is 0 Å². The van der Waals surface area contributed by atoms with Crippen molar-refractivity contribution in [2.45, 2.75) is 51.2 Å². The van der Waals surface area contributed by atoms with Crippen molar-refractivity contribution >= 4 is 5.91 Å². The molecule has 0 bridgehead atoms. The van der Waals surface area contributed by atoms with E-state index in [9.17, 15) is 9.18 Å². The summed E-state index contributed by atoms with van der Waals surface area (Å²) >= 11 is 0. The number of likely N-dealkylation sites (tertiary alicyclic amines) is 1. The van der Waals surface area contributed by atoms with E-state index < -0.39 is 6.17 Å². The smallest absolute Gasteiger partial charge is 0.223 e. The Morgan fingerprint density at radius 1 is 1.26 bits per heavy atom. The standard InChI is InChI=1S/C17H32FN3O2/c1-13-12-15(19)2-3-16(13)17(22)20-6-10-23-11-9-21-7-4-14(18)5-8-21/h13-16H,2-12,19H2,1H3,(H,20,22). The van der Waals surface area contributed by atoms with Crippen LogP contribution in [-0.4, -0.2) is 62.4 Å². The van der Waals surface area contributed by atoms with E-state index >= 15 is 0 Å². The summed E-state index contributed by atoms with van der Waals surface area (Å²) in [5.74, 6) is 0.591. The van der Waals surface area contributed by atoms with Crippen LogP contribution in [0.1, 0.15) is 39.0 Å². The molecule has 5 nitrogen and oxygen atoms in total. The summed E-state index contributed by atoms with van der Waals surface area (Å²) in [6.45, 7) is 6.33. The zero-order valence-corrected chi connectivity index (χ0v) is 14.3. The van der Waals surface area contributed by atoms with Crippen molar-refractivity contribution < 1.29 is 13.9 Å². The summed E-state index contributed by atoms with van der Waals surface area (Å²) in [5, 5.41) is 2.97. The molecule has 6 heteroatoms. The predicted octanol–water partition coefficient (Wildman–Crippen LogP) is 1.32. The fourth-order valence-electron chi connectivity index (χ4n) is 3.63. The maximum atomic E-state index is 13.0. The normalized spacial score (nSPS) is 30.3. The fraction of sp³-hybridized carbons (Fsp3) is 0.941. The summed E-state index contributed by atoms with van der Waals surface area (Å²) in [5.41, 5.74) is 5.94. The van der Waals surface area contributed by atoms with Gasteiger partial charge in [-0.2, -0.15) is 0 Å².